The van der Waals surface area contributed by atoms with Gasteiger partial charge in [-0.3, -0.25) is 9.89 Å². The molecule has 0 saturated carbocycles. The quantitative estimate of drug-likeness (QED) is 0.849. The van der Waals surface area contributed by atoms with Crippen molar-refractivity contribution in [1.29, 1.82) is 0 Å². The number of sulfonamides is 1. The summed E-state index contributed by atoms with van der Waals surface area (Å²) in [6, 6.07) is 1.62. The van der Waals surface area contributed by atoms with Crippen molar-refractivity contribution in [2.75, 3.05) is 13.2 Å². The number of rotatable bonds is 5. The Morgan fingerprint density at radius 1 is 1.52 bits per heavy atom. The van der Waals surface area contributed by atoms with Gasteiger partial charge in [-0.2, -0.15) is 5.10 Å². The highest BCUT2D eigenvalue weighted by molar-refractivity contribution is 7.90. The maximum atomic E-state index is 12.0. The smallest absolute Gasteiger partial charge is 0.285 e. The summed E-state index contributed by atoms with van der Waals surface area (Å²) in [5.41, 5.74) is 0.952. The first-order valence-corrected chi connectivity index (χ1v) is 8.67. The lowest BCUT2D eigenvalue weighted by atomic mass is 9.96. The molecule has 1 aromatic heterocycles. The van der Waals surface area contributed by atoms with Crippen molar-refractivity contribution in [3.63, 3.8) is 0 Å². The van der Waals surface area contributed by atoms with E-state index in [1.54, 1.807) is 19.9 Å². The maximum Gasteiger partial charge on any atom is 0.285 e. The van der Waals surface area contributed by atoms with Crippen LogP contribution in [0.4, 0.5) is 0 Å². The van der Waals surface area contributed by atoms with Crippen LogP contribution in [0.2, 0.25) is 0 Å². The van der Waals surface area contributed by atoms with Crippen molar-refractivity contribution < 1.29 is 17.9 Å². The number of aromatic amines is 1. The predicted octanol–water partition coefficient (Wildman–Crippen LogP) is 1.16. The monoisotopic (exact) mass is 315 g/mol. The second kappa shape index (κ2) is 6.57. The molecule has 2 heterocycles. The molecule has 1 amide bonds. The molecule has 7 nitrogen and oxygen atoms in total. The van der Waals surface area contributed by atoms with Crippen molar-refractivity contribution in [3.05, 3.63) is 17.5 Å². The molecular weight excluding hydrogens is 294 g/mol. The van der Waals surface area contributed by atoms with Gasteiger partial charge in [-0.25, -0.2) is 13.1 Å². The molecule has 1 atom stereocenters. The van der Waals surface area contributed by atoms with E-state index in [-0.39, 0.29) is 11.6 Å². The normalized spacial score (nSPS) is 18.4. The van der Waals surface area contributed by atoms with E-state index in [0.29, 0.717) is 19.6 Å². The van der Waals surface area contributed by atoms with Gasteiger partial charge in [0.25, 0.3) is 5.91 Å². The minimum atomic E-state index is -3.65. The molecule has 1 fully saturated rings. The summed E-state index contributed by atoms with van der Waals surface area (Å²) in [5.74, 6) is -0.413. The summed E-state index contributed by atoms with van der Waals surface area (Å²) < 4.78 is 31.1. The van der Waals surface area contributed by atoms with Crippen LogP contribution in [-0.4, -0.2) is 43.0 Å². The van der Waals surface area contributed by atoms with E-state index < -0.39 is 21.2 Å². The Morgan fingerprint density at radius 3 is 2.81 bits per heavy atom. The second-order valence-corrected chi connectivity index (χ2v) is 7.39. The van der Waals surface area contributed by atoms with Crippen molar-refractivity contribution in [3.8, 4) is 0 Å². The molecule has 1 aliphatic heterocycles. The molecule has 118 valence electrons. The average molecular weight is 315 g/mol. The lowest BCUT2D eigenvalue weighted by Gasteiger charge is -2.20. The molecule has 0 bridgehead atoms. The number of carbonyl (C=O) groups is 1. The van der Waals surface area contributed by atoms with Gasteiger partial charge in [0.15, 0.2) is 5.69 Å². The fourth-order valence-electron chi connectivity index (χ4n) is 2.17. The van der Waals surface area contributed by atoms with Crippen LogP contribution >= 0.6 is 0 Å². The largest absolute Gasteiger partial charge is 0.381 e. The van der Waals surface area contributed by atoms with Crippen LogP contribution in [0.1, 0.15) is 55.2 Å². The maximum absolute atomic E-state index is 12.0. The van der Waals surface area contributed by atoms with Gasteiger partial charge in [0, 0.05) is 24.8 Å². The molecule has 1 aliphatic rings. The number of hydrogen-bond acceptors (Lipinski definition) is 5. The third-order valence-corrected chi connectivity index (χ3v) is 5.69. The third-order valence-electron chi connectivity index (χ3n) is 3.83. The van der Waals surface area contributed by atoms with Gasteiger partial charge in [0.05, 0.1) is 5.25 Å². The van der Waals surface area contributed by atoms with Crippen molar-refractivity contribution in [1.82, 2.24) is 14.9 Å². The van der Waals surface area contributed by atoms with Crippen LogP contribution < -0.4 is 4.72 Å². The Hall–Kier alpha value is -1.41. The molecule has 2 N–H and O–H groups in total. The van der Waals surface area contributed by atoms with Gasteiger partial charge >= 0.3 is 0 Å². The summed E-state index contributed by atoms with van der Waals surface area (Å²) >= 11 is 0. The first kappa shape index (κ1) is 16.0. The van der Waals surface area contributed by atoms with Gasteiger partial charge in [0.2, 0.25) is 10.0 Å². The third kappa shape index (κ3) is 3.82. The number of amides is 1. The number of aromatic nitrogens is 2. The summed E-state index contributed by atoms with van der Waals surface area (Å²) in [7, 11) is -3.65. The first-order valence-electron chi connectivity index (χ1n) is 7.13. The molecule has 1 aromatic rings. The summed E-state index contributed by atoms with van der Waals surface area (Å²) in [5, 5.41) is 6.13. The van der Waals surface area contributed by atoms with E-state index >= 15 is 0 Å². The molecule has 0 aromatic carbocycles. The number of hydrogen-bond donors (Lipinski definition) is 2. The highest BCUT2D eigenvalue weighted by atomic mass is 32.2. The second-order valence-electron chi connectivity index (χ2n) is 5.29. The fourth-order valence-corrected chi connectivity index (χ4v) is 3.18. The van der Waals surface area contributed by atoms with Crippen LogP contribution in [0.15, 0.2) is 6.07 Å². The van der Waals surface area contributed by atoms with Crippen LogP contribution in [0, 0.1) is 0 Å². The molecule has 2 rings (SSSR count). The molecule has 21 heavy (non-hydrogen) atoms. The standard InChI is InChI=1S/C13H21N3O4S/c1-3-9(2)21(18,19)16-13(17)12-8-11(14-15-12)10-4-6-20-7-5-10/h8-10H,3-7H2,1-2H3,(H,14,15)(H,16,17). The van der Waals surface area contributed by atoms with E-state index in [2.05, 4.69) is 14.9 Å². The summed E-state index contributed by atoms with van der Waals surface area (Å²) in [4.78, 5) is 12.0. The zero-order valence-electron chi connectivity index (χ0n) is 12.3. The van der Waals surface area contributed by atoms with Crippen LogP contribution in [-0.2, 0) is 14.8 Å². The predicted molar refractivity (Wildman–Crippen MR) is 77.5 cm³/mol. The summed E-state index contributed by atoms with van der Waals surface area (Å²) in [6.07, 6.45) is 2.18. The van der Waals surface area contributed by atoms with Gasteiger partial charge in [-0.15, -0.1) is 0 Å². The van der Waals surface area contributed by atoms with E-state index in [1.165, 1.54) is 0 Å². The Morgan fingerprint density at radius 2 is 2.19 bits per heavy atom. The Balaban J connectivity index is 2.05. The van der Waals surface area contributed by atoms with E-state index in [1.807, 2.05) is 0 Å². The van der Waals surface area contributed by atoms with Gasteiger partial charge in [-0.1, -0.05) is 6.92 Å². The Labute approximate surface area is 124 Å². The van der Waals surface area contributed by atoms with Crippen molar-refractivity contribution in [2.24, 2.45) is 0 Å². The minimum Gasteiger partial charge on any atom is -0.381 e. The SMILES string of the molecule is CCC(C)S(=O)(=O)NC(=O)c1cc(C2CCOCC2)[nH]n1. The molecule has 0 spiro atoms. The van der Waals surface area contributed by atoms with Crippen molar-refractivity contribution in [2.45, 2.75) is 44.3 Å². The zero-order valence-corrected chi connectivity index (χ0v) is 13.1. The highest BCUT2D eigenvalue weighted by Crippen LogP contribution is 2.25. The number of carbonyl (C=O) groups excluding carboxylic acids is 1. The highest BCUT2D eigenvalue weighted by Gasteiger charge is 2.25. The lowest BCUT2D eigenvalue weighted by molar-refractivity contribution is 0.0845. The number of nitrogens with one attached hydrogen (secondary N) is 2. The van der Waals surface area contributed by atoms with Gasteiger partial charge < -0.3 is 4.74 Å². The van der Waals surface area contributed by atoms with E-state index in [4.69, 9.17) is 4.74 Å². The van der Waals surface area contributed by atoms with Gasteiger partial charge in [-0.05, 0) is 32.3 Å². The number of nitrogens with zero attached hydrogens (tertiary/aromatic N) is 1. The zero-order chi connectivity index (χ0) is 15.5. The fraction of sp³-hybridized carbons (Fsp3) is 0.692. The van der Waals surface area contributed by atoms with Gasteiger partial charge in [0.1, 0.15) is 0 Å². The van der Waals surface area contributed by atoms with E-state index in [9.17, 15) is 13.2 Å². The molecule has 1 unspecified atom stereocenters. The van der Waals surface area contributed by atoms with Crippen LogP contribution in [0.25, 0.3) is 0 Å². The average Bonchev–Trinajstić information content (AvgIpc) is 2.96. The Bertz CT molecular complexity index is 590. The lowest BCUT2D eigenvalue weighted by Crippen LogP contribution is -2.37. The number of H-pyrrole nitrogens is 1. The van der Waals surface area contributed by atoms with Crippen LogP contribution in [0.3, 0.4) is 0 Å². The Kier molecular flexibility index (Phi) is 5.00. The molecule has 1 saturated heterocycles. The topological polar surface area (TPSA) is 101 Å². The van der Waals surface area contributed by atoms with E-state index in [0.717, 1.165) is 18.5 Å². The molecule has 0 radical (unpaired) electrons. The molecule has 0 aliphatic carbocycles. The number of ether oxygens (including phenoxy) is 1. The minimum absolute atomic E-state index is 0.100. The molecular formula is C13H21N3O4S. The first-order chi connectivity index (χ1) is 9.94. The molecule has 8 heteroatoms. The summed E-state index contributed by atoms with van der Waals surface area (Å²) in [6.45, 7) is 4.70. The van der Waals surface area contributed by atoms with Crippen molar-refractivity contribution >= 4 is 15.9 Å². The van der Waals surface area contributed by atoms with Crippen LogP contribution in [0.5, 0.6) is 0 Å².